The largest absolute Gasteiger partial charge is 0.353 e. The van der Waals surface area contributed by atoms with Gasteiger partial charge in [0.25, 0.3) is 0 Å². The molecule has 25 heavy (non-hydrogen) atoms. The lowest BCUT2D eigenvalue weighted by molar-refractivity contribution is 0.131. The van der Waals surface area contributed by atoms with Gasteiger partial charge in [-0.05, 0) is 30.5 Å². The van der Waals surface area contributed by atoms with Crippen LogP contribution >= 0.6 is 0 Å². The molecule has 5 nitrogen and oxygen atoms in total. The van der Waals surface area contributed by atoms with Crippen LogP contribution in [0.5, 0.6) is 0 Å². The van der Waals surface area contributed by atoms with Crippen LogP contribution in [0.25, 0.3) is 0 Å². The van der Waals surface area contributed by atoms with E-state index in [1.54, 1.807) is 0 Å². The molecule has 0 bridgehead atoms. The molecule has 0 unspecified atom stereocenters. The summed E-state index contributed by atoms with van der Waals surface area (Å²) in [4.78, 5) is 16.8. The van der Waals surface area contributed by atoms with Crippen molar-refractivity contribution >= 4 is 6.03 Å². The molecule has 5 heteroatoms. The molecule has 134 valence electrons. The van der Waals surface area contributed by atoms with E-state index >= 15 is 0 Å². The number of benzene rings is 1. The monoisotopic (exact) mass is 340 g/mol. The maximum absolute atomic E-state index is 12.4. The molecule has 0 atom stereocenters. The smallest absolute Gasteiger partial charge is 0.317 e. The first-order chi connectivity index (χ1) is 12.1. The summed E-state index contributed by atoms with van der Waals surface area (Å²) in [5, 5.41) is 3.03. The molecule has 2 aromatic rings. The van der Waals surface area contributed by atoms with Gasteiger partial charge < -0.3 is 14.8 Å². The zero-order valence-corrected chi connectivity index (χ0v) is 15.2. The summed E-state index contributed by atoms with van der Waals surface area (Å²) in [6, 6.07) is 14.9. The van der Waals surface area contributed by atoms with Gasteiger partial charge in [0.15, 0.2) is 0 Å². The molecule has 1 aromatic carbocycles. The number of carbonyl (C=O) groups excluding carboxylic acids is 1. The Bertz CT molecular complexity index is 674. The average molecular weight is 340 g/mol. The van der Waals surface area contributed by atoms with E-state index in [9.17, 15) is 4.79 Å². The quantitative estimate of drug-likeness (QED) is 0.909. The topological polar surface area (TPSA) is 40.5 Å². The van der Waals surface area contributed by atoms with E-state index in [0.29, 0.717) is 12.6 Å². The Kier molecular flexibility index (Phi) is 5.76. The van der Waals surface area contributed by atoms with Crippen molar-refractivity contribution in [2.75, 3.05) is 20.1 Å². The van der Waals surface area contributed by atoms with E-state index in [0.717, 1.165) is 38.2 Å². The lowest BCUT2D eigenvalue weighted by Crippen LogP contribution is -2.48. The van der Waals surface area contributed by atoms with E-state index in [1.807, 2.05) is 41.9 Å². The number of nitrogens with zero attached hydrogens (tertiary/aromatic N) is 3. The van der Waals surface area contributed by atoms with Gasteiger partial charge in [0.2, 0.25) is 0 Å². The van der Waals surface area contributed by atoms with Crippen molar-refractivity contribution in [3.63, 3.8) is 0 Å². The van der Waals surface area contributed by atoms with Crippen LogP contribution in [0.2, 0.25) is 0 Å². The number of urea groups is 1. The number of hydrogen-bond donors (Lipinski definition) is 1. The molecule has 0 saturated carbocycles. The van der Waals surface area contributed by atoms with Crippen LogP contribution in [0.15, 0.2) is 48.7 Å². The molecule has 2 heterocycles. The Morgan fingerprint density at radius 2 is 1.88 bits per heavy atom. The van der Waals surface area contributed by atoms with E-state index in [2.05, 4.69) is 40.5 Å². The third kappa shape index (κ3) is 4.63. The minimum absolute atomic E-state index is 0.0164. The van der Waals surface area contributed by atoms with Crippen LogP contribution < -0.4 is 5.32 Å². The van der Waals surface area contributed by atoms with Gasteiger partial charge in [0.1, 0.15) is 0 Å². The second kappa shape index (κ2) is 8.21. The number of aromatic nitrogens is 1. The third-order valence-electron chi connectivity index (χ3n) is 5.15. The Morgan fingerprint density at radius 1 is 1.16 bits per heavy atom. The molecular weight excluding hydrogens is 312 g/mol. The highest BCUT2D eigenvalue weighted by molar-refractivity contribution is 5.74. The van der Waals surface area contributed by atoms with Crippen molar-refractivity contribution in [3.05, 3.63) is 59.9 Å². The number of carbonyl (C=O) groups is 1. The highest BCUT2D eigenvalue weighted by Gasteiger charge is 2.25. The second-order valence-electron chi connectivity index (χ2n) is 6.87. The molecule has 3 rings (SSSR count). The van der Waals surface area contributed by atoms with Crippen LogP contribution in [-0.4, -0.2) is 46.6 Å². The highest BCUT2D eigenvalue weighted by atomic mass is 16.2. The number of nitrogens with one attached hydrogen (secondary N) is 1. The summed E-state index contributed by atoms with van der Waals surface area (Å²) in [5.41, 5.74) is 2.47. The number of piperidine rings is 1. The van der Waals surface area contributed by atoms with Crippen molar-refractivity contribution in [1.29, 1.82) is 0 Å². The van der Waals surface area contributed by atoms with Gasteiger partial charge in [-0.15, -0.1) is 0 Å². The summed E-state index contributed by atoms with van der Waals surface area (Å²) < 4.78 is 2.03. The average Bonchev–Trinajstić information content (AvgIpc) is 3.05. The summed E-state index contributed by atoms with van der Waals surface area (Å²) in [7, 11) is 3.91. The van der Waals surface area contributed by atoms with E-state index in [-0.39, 0.29) is 6.03 Å². The van der Waals surface area contributed by atoms with Crippen molar-refractivity contribution in [2.45, 2.75) is 32.0 Å². The molecule has 0 spiro atoms. The fourth-order valence-corrected chi connectivity index (χ4v) is 3.44. The van der Waals surface area contributed by atoms with Gasteiger partial charge in [-0.2, -0.15) is 0 Å². The summed E-state index contributed by atoms with van der Waals surface area (Å²) in [6.07, 6.45) is 4.05. The minimum atomic E-state index is 0.0164. The fraction of sp³-hybridized carbons (Fsp3) is 0.450. The maximum atomic E-state index is 12.4. The lowest BCUT2D eigenvalue weighted by atomic mass is 10.0. The summed E-state index contributed by atoms with van der Waals surface area (Å²) in [5.74, 6) is 0. The van der Waals surface area contributed by atoms with Crippen LogP contribution in [0.1, 0.15) is 24.1 Å². The number of aryl methyl sites for hydroxylation is 1. The molecule has 0 radical (unpaired) electrons. The maximum Gasteiger partial charge on any atom is 0.317 e. The van der Waals surface area contributed by atoms with E-state index < -0.39 is 0 Å². The van der Waals surface area contributed by atoms with Crippen molar-refractivity contribution < 1.29 is 4.79 Å². The Balaban J connectivity index is 1.43. The van der Waals surface area contributed by atoms with Gasteiger partial charge in [0.05, 0.1) is 6.54 Å². The Hall–Kier alpha value is -2.27. The number of likely N-dealkylation sites (tertiary alicyclic amines) is 1. The number of hydrogen-bond acceptors (Lipinski definition) is 2. The summed E-state index contributed by atoms with van der Waals surface area (Å²) >= 11 is 0. The SMILES string of the molecule is CN(C(=O)NCc1cccn1C)C1CCN(Cc2ccccc2)CC1. The zero-order valence-electron chi connectivity index (χ0n) is 15.2. The second-order valence-corrected chi connectivity index (χ2v) is 6.87. The minimum Gasteiger partial charge on any atom is -0.353 e. The molecule has 1 aliphatic rings. The third-order valence-corrected chi connectivity index (χ3v) is 5.15. The normalized spacial score (nSPS) is 15.9. The van der Waals surface area contributed by atoms with Crippen LogP contribution in [0.3, 0.4) is 0 Å². The van der Waals surface area contributed by atoms with Crippen LogP contribution in [-0.2, 0) is 20.1 Å². The molecule has 1 saturated heterocycles. The lowest BCUT2D eigenvalue weighted by Gasteiger charge is -2.36. The fourth-order valence-electron chi connectivity index (χ4n) is 3.44. The predicted octanol–water partition coefficient (Wildman–Crippen LogP) is 2.83. The van der Waals surface area contributed by atoms with Crippen molar-refractivity contribution in [2.24, 2.45) is 7.05 Å². The van der Waals surface area contributed by atoms with Crippen molar-refractivity contribution in [3.8, 4) is 0 Å². The summed E-state index contributed by atoms with van der Waals surface area (Å²) in [6.45, 7) is 3.64. The zero-order chi connectivity index (χ0) is 17.6. The molecule has 0 aliphatic carbocycles. The molecular formula is C20H28N4O. The number of rotatable bonds is 5. The Labute approximate surface area is 150 Å². The van der Waals surface area contributed by atoms with Crippen LogP contribution in [0.4, 0.5) is 4.79 Å². The highest BCUT2D eigenvalue weighted by Crippen LogP contribution is 2.17. The first-order valence-electron chi connectivity index (χ1n) is 9.00. The van der Waals surface area contributed by atoms with Gasteiger partial charge in [-0.25, -0.2) is 4.79 Å². The van der Waals surface area contributed by atoms with Gasteiger partial charge in [-0.1, -0.05) is 30.3 Å². The van der Waals surface area contributed by atoms with E-state index in [4.69, 9.17) is 0 Å². The first-order valence-corrected chi connectivity index (χ1v) is 9.00. The first kappa shape index (κ1) is 17.5. The standard InChI is InChI=1S/C20H28N4O/c1-22-12-6-9-19(22)15-21-20(25)23(2)18-10-13-24(14-11-18)16-17-7-4-3-5-8-17/h3-9,12,18H,10-11,13-16H2,1-2H3,(H,21,25). The van der Waals surface area contributed by atoms with Gasteiger partial charge in [-0.3, -0.25) is 4.90 Å². The van der Waals surface area contributed by atoms with Crippen molar-refractivity contribution in [1.82, 2.24) is 19.7 Å². The predicted molar refractivity (Wildman–Crippen MR) is 100 cm³/mol. The molecule has 1 aromatic heterocycles. The molecule has 1 N–H and O–H groups in total. The van der Waals surface area contributed by atoms with Crippen LogP contribution in [0, 0.1) is 0 Å². The number of amides is 2. The Morgan fingerprint density at radius 3 is 2.52 bits per heavy atom. The molecule has 1 aliphatic heterocycles. The van der Waals surface area contributed by atoms with E-state index in [1.165, 1.54) is 5.56 Å². The van der Waals surface area contributed by atoms with Gasteiger partial charge in [0, 0.05) is 51.7 Å². The molecule has 1 fully saturated rings. The molecule has 2 amide bonds. The van der Waals surface area contributed by atoms with Gasteiger partial charge >= 0.3 is 6.03 Å².